The van der Waals surface area contributed by atoms with E-state index >= 15 is 0 Å². The molecule has 2 rings (SSSR count). The van der Waals surface area contributed by atoms with Gasteiger partial charge in [0.1, 0.15) is 18.4 Å². The number of carbonyl (C=O) groups is 2. The highest BCUT2D eigenvalue weighted by Gasteiger charge is 2.24. The van der Waals surface area contributed by atoms with Gasteiger partial charge in [-0.05, 0) is 24.1 Å². The van der Waals surface area contributed by atoms with Crippen LogP contribution in [0.2, 0.25) is 0 Å². The van der Waals surface area contributed by atoms with Gasteiger partial charge in [0.15, 0.2) is 0 Å². The first-order chi connectivity index (χ1) is 9.69. The van der Waals surface area contributed by atoms with Crippen molar-refractivity contribution in [1.82, 2.24) is 10.6 Å². The Hall–Kier alpha value is -2.08. The Morgan fingerprint density at radius 2 is 2.20 bits per heavy atom. The minimum atomic E-state index is -0.591. The second kappa shape index (κ2) is 6.91. The lowest BCUT2D eigenvalue weighted by Gasteiger charge is -2.22. The van der Waals surface area contributed by atoms with Crippen LogP contribution in [0.15, 0.2) is 24.3 Å². The molecule has 0 aliphatic carbocycles. The minimum Gasteiger partial charge on any atom is -0.497 e. The lowest BCUT2D eigenvalue weighted by atomic mass is 10.1. The summed E-state index contributed by atoms with van der Waals surface area (Å²) in [5.74, 6) is 0.331. The van der Waals surface area contributed by atoms with E-state index in [9.17, 15) is 9.59 Å². The average molecular weight is 278 g/mol. The van der Waals surface area contributed by atoms with E-state index in [1.54, 1.807) is 7.11 Å². The van der Waals surface area contributed by atoms with E-state index in [0.29, 0.717) is 6.54 Å². The van der Waals surface area contributed by atoms with Gasteiger partial charge in [-0.1, -0.05) is 12.1 Å². The normalized spacial score (nSPS) is 18.2. The Bertz CT molecular complexity index is 473. The molecule has 1 unspecified atom stereocenters. The molecule has 1 atom stereocenters. The van der Waals surface area contributed by atoms with Crippen LogP contribution in [0.1, 0.15) is 5.56 Å². The van der Waals surface area contributed by atoms with Gasteiger partial charge in [0, 0.05) is 6.54 Å². The number of benzene rings is 1. The van der Waals surface area contributed by atoms with Crippen LogP contribution in [0.5, 0.6) is 5.75 Å². The average Bonchev–Trinajstić information content (AvgIpc) is 2.48. The summed E-state index contributed by atoms with van der Waals surface area (Å²) in [7, 11) is 1.62. The van der Waals surface area contributed by atoms with Gasteiger partial charge in [0.05, 0.1) is 13.7 Å². The number of amides is 2. The summed E-state index contributed by atoms with van der Waals surface area (Å²) in [6.07, 6.45) is 0.720. The fraction of sp³-hybridized carbons (Fsp3) is 0.429. The molecule has 0 aromatic heterocycles. The monoisotopic (exact) mass is 278 g/mol. The van der Waals surface area contributed by atoms with Gasteiger partial charge in [0.25, 0.3) is 0 Å². The van der Waals surface area contributed by atoms with Crippen LogP contribution in [0.3, 0.4) is 0 Å². The van der Waals surface area contributed by atoms with Crippen molar-refractivity contribution in [2.24, 2.45) is 0 Å². The van der Waals surface area contributed by atoms with E-state index in [1.807, 2.05) is 24.3 Å². The molecule has 2 N–H and O–H groups in total. The molecule has 1 aromatic carbocycles. The Morgan fingerprint density at radius 3 is 2.85 bits per heavy atom. The molecule has 0 radical (unpaired) electrons. The molecule has 1 aliphatic heterocycles. The minimum absolute atomic E-state index is 0.0234. The molecule has 1 saturated heterocycles. The number of hydrogen-bond donors (Lipinski definition) is 2. The Labute approximate surface area is 117 Å². The number of morpholine rings is 1. The lowest BCUT2D eigenvalue weighted by molar-refractivity contribution is -0.138. The number of ether oxygens (including phenoxy) is 2. The molecule has 6 nitrogen and oxygen atoms in total. The standard InChI is InChI=1S/C14H18N2O4/c1-19-11-4-2-10(3-5-11)6-7-15-14(18)12-8-20-9-13(17)16-12/h2-5,12H,6-9H2,1H3,(H,15,18)(H,16,17). The van der Waals surface area contributed by atoms with Crippen LogP contribution in [0.25, 0.3) is 0 Å². The van der Waals surface area contributed by atoms with Crippen molar-refractivity contribution in [3.8, 4) is 5.75 Å². The molecular weight excluding hydrogens is 260 g/mol. The molecule has 1 aromatic rings. The highest BCUT2D eigenvalue weighted by Crippen LogP contribution is 2.11. The summed E-state index contributed by atoms with van der Waals surface area (Å²) in [4.78, 5) is 22.9. The molecule has 1 fully saturated rings. The third kappa shape index (κ3) is 3.96. The summed E-state index contributed by atoms with van der Waals surface area (Å²) in [6.45, 7) is 0.757. The zero-order valence-corrected chi connectivity index (χ0v) is 11.3. The first kappa shape index (κ1) is 14.3. The van der Waals surface area contributed by atoms with Crippen LogP contribution >= 0.6 is 0 Å². The maximum atomic E-state index is 11.8. The molecular formula is C14H18N2O4. The van der Waals surface area contributed by atoms with Crippen molar-refractivity contribution in [3.63, 3.8) is 0 Å². The van der Waals surface area contributed by atoms with Crippen LogP contribution in [0.4, 0.5) is 0 Å². The highest BCUT2D eigenvalue weighted by atomic mass is 16.5. The van der Waals surface area contributed by atoms with Gasteiger partial charge >= 0.3 is 0 Å². The second-order valence-corrected chi connectivity index (χ2v) is 4.52. The summed E-state index contributed by atoms with van der Waals surface area (Å²) < 4.78 is 10.1. The van der Waals surface area contributed by atoms with E-state index in [0.717, 1.165) is 17.7 Å². The Morgan fingerprint density at radius 1 is 1.45 bits per heavy atom. The van der Waals surface area contributed by atoms with Crippen molar-refractivity contribution in [2.75, 3.05) is 26.9 Å². The molecule has 1 heterocycles. The van der Waals surface area contributed by atoms with Crippen LogP contribution < -0.4 is 15.4 Å². The SMILES string of the molecule is COc1ccc(CCNC(=O)C2COCC(=O)N2)cc1. The largest absolute Gasteiger partial charge is 0.497 e. The molecule has 2 amide bonds. The van der Waals surface area contributed by atoms with Gasteiger partial charge in [-0.25, -0.2) is 0 Å². The third-order valence-corrected chi connectivity index (χ3v) is 3.04. The van der Waals surface area contributed by atoms with Crippen molar-refractivity contribution < 1.29 is 19.1 Å². The quantitative estimate of drug-likeness (QED) is 0.786. The maximum absolute atomic E-state index is 11.8. The zero-order chi connectivity index (χ0) is 14.4. The number of rotatable bonds is 5. The molecule has 1 aliphatic rings. The Balaban J connectivity index is 1.74. The summed E-state index contributed by atoms with van der Waals surface area (Å²) in [6, 6.07) is 7.08. The first-order valence-corrected chi connectivity index (χ1v) is 6.47. The third-order valence-electron chi connectivity index (χ3n) is 3.04. The molecule has 0 bridgehead atoms. The number of methoxy groups -OCH3 is 1. The highest BCUT2D eigenvalue weighted by molar-refractivity contribution is 5.89. The fourth-order valence-corrected chi connectivity index (χ4v) is 1.93. The van der Waals surface area contributed by atoms with Gasteiger partial charge in [0.2, 0.25) is 11.8 Å². The smallest absolute Gasteiger partial charge is 0.246 e. The number of carbonyl (C=O) groups excluding carboxylic acids is 2. The van der Waals surface area contributed by atoms with Crippen LogP contribution in [0, 0.1) is 0 Å². The summed E-state index contributed by atoms with van der Waals surface area (Å²) in [5, 5.41) is 5.37. The van der Waals surface area contributed by atoms with Gasteiger partial charge < -0.3 is 20.1 Å². The summed E-state index contributed by atoms with van der Waals surface area (Å²) >= 11 is 0. The predicted molar refractivity (Wildman–Crippen MR) is 72.5 cm³/mol. The molecule has 20 heavy (non-hydrogen) atoms. The van der Waals surface area contributed by atoms with Gasteiger partial charge in [-0.3, -0.25) is 9.59 Å². The fourth-order valence-electron chi connectivity index (χ4n) is 1.93. The van der Waals surface area contributed by atoms with Crippen LogP contribution in [-0.2, 0) is 20.7 Å². The van der Waals surface area contributed by atoms with Crippen molar-refractivity contribution >= 4 is 11.8 Å². The van der Waals surface area contributed by atoms with E-state index < -0.39 is 6.04 Å². The second-order valence-electron chi connectivity index (χ2n) is 4.52. The zero-order valence-electron chi connectivity index (χ0n) is 11.3. The van der Waals surface area contributed by atoms with E-state index in [-0.39, 0.29) is 25.0 Å². The van der Waals surface area contributed by atoms with E-state index in [2.05, 4.69) is 10.6 Å². The topological polar surface area (TPSA) is 76.7 Å². The molecule has 0 spiro atoms. The van der Waals surface area contributed by atoms with Crippen molar-refractivity contribution in [1.29, 1.82) is 0 Å². The lowest BCUT2D eigenvalue weighted by Crippen LogP contribution is -2.54. The van der Waals surface area contributed by atoms with Crippen molar-refractivity contribution in [2.45, 2.75) is 12.5 Å². The van der Waals surface area contributed by atoms with Crippen molar-refractivity contribution in [3.05, 3.63) is 29.8 Å². The van der Waals surface area contributed by atoms with Crippen LogP contribution in [-0.4, -0.2) is 44.7 Å². The maximum Gasteiger partial charge on any atom is 0.246 e. The predicted octanol–water partition coefficient (Wildman–Crippen LogP) is -0.131. The summed E-state index contributed by atoms with van der Waals surface area (Å²) in [5.41, 5.74) is 1.11. The van der Waals surface area contributed by atoms with E-state index in [1.165, 1.54) is 0 Å². The van der Waals surface area contributed by atoms with Gasteiger partial charge in [-0.2, -0.15) is 0 Å². The molecule has 108 valence electrons. The first-order valence-electron chi connectivity index (χ1n) is 6.47. The van der Waals surface area contributed by atoms with Gasteiger partial charge in [-0.15, -0.1) is 0 Å². The molecule has 6 heteroatoms. The van der Waals surface area contributed by atoms with E-state index in [4.69, 9.17) is 9.47 Å². The molecule has 0 saturated carbocycles. The number of nitrogens with one attached hydrogen (secondary N) is 2. The number of hydrogen-bond acceptors (Lipinski definition) is 4. The Kier molecular flexibility index (Phi) is 4.95.